The topological polar surface area (TPSA) is 57.7 Å². The molecule has 0 radical (unpaired) electrons. The molecule has 4 atom stereocenters. The second kappa shape index (κ2) is 4.54. The Balaban J connectivity index is 1.81. The van der Waals surface area contributed by atoms with Crippen molar-refractivity contribution in [1.29, 1.82) is 0 Å². The highest BCUT2D eigenvalue weighted by Crippen LogP contribution is 2.46. The molecule has 2 bridgehead atoms. The average molecular weight is 310 g/mol. The molecular formula is C18H18N2O3. The van der Waals surface area contributed by atoms with Crippen LogP contribution in [-0.2, 0) is 14.4 Å². The zero-order valence-corrected chi connectivity index (χ0v) is 13.3. The fourth-order valence-corrected chi connectivity index (χ4v) is 4.20. The second-order valence-corrected chi connectivity index (χ2v) is 6.70. The van der Waals surface area contributed by atoms with Crippen LogP contribution in [-0.4, -0.2) is 35.7 Å². The number of anilines is 1. The fourth-order valence-electron chi connectivity index (χ4n) is 4.20. The number of rotatable bonds is 1. The standard InChI is InChI=1S/C18H18N2O3/c1-9-4-6-12(10(2)8-9)20-17(22)14-11-5-7-13(15(14)18(20)23)19(3)16(11)21/h4-8,11,13-15H,1-3H3/t11-,13+,14-,15+/m1/s1. The van der Waals surface area contributed by atoms with Crippen molar-refractivity contribution in [2.24, 2.45) is 17.8 Å². The van der Waals surface area contributed by atoms with Crippen LogP contribution in [0.1, 0.15) is 11.1 Å². The summed E-state index contributed by atoms with van der Waals surface area (Å²) in [7, 11) is 1.71. The Morgan fingerprint density at radius 2 is 1.61 bits per heavy atom. The Morgan fingerprint density at radius 1 is 0.913 bits per heavy atom. The highest BCUT2D eigenvalue weighted by Gasteiger charge is 2.61. The van der Waals surface area contributed by atoms with Crippen LogP contribution in [0.25, 0.3) is 0 Å². The molecule has 3 aliphatic heterocycles. The van der Waals surface area contributed by atoms with Gasteiger partial charge in [0.2, 0.25) is 17.7 Å². The van der Waals surface area contributed by atoms with Crippen molar-refractivity contribution < 1.29 is 14.4 Å². The largest absolute Gasteiger partial charge is 0.338 e. The molecule has 1 aliphatic carbocycles. The van der Waals surface area contributed by atoms with Gasteiger partial charge in [0.15, 0.2) is 0 Å². The molecule has 3 heterocycles. The number of hydrogen-bond acceptors (Lipinski definition) is 3. The molecule has 1 aromatic carbocycles. The van der Waals surface area contributed by atoms with Gasteiger partial charge >= 0.3 is 0 Å². The van der Waals surface area contributed by atoms with Gasteiger partial charge in [0, 0.05) is 7.05 Å². The number of aryl methyl sites for hydroxylation is 2. The lowest BCUT2D eigenvalue weighted by molar-refractivity contribution is -0.148. The van der Waals surface area contributed by atoms with E-state index in [-0.39, 0.29) is 23.8 Å². The van der Waals surface area contributed by atoms with E-state index in [0.29, 0.717) is 5.69 Å². The van der Waals surface area contributed by atoms with E-state index in [9.17, 15) is 14.4 Å². The summed E-state index contributed by atoms with van der Waals surface area (Å²) in [4.78, 5) is 41.1. The molecule has 23 heavy (non-hydrogen) atoms. The third kappa shape index (κ3) is 1.70. The predicted octanol–water partition coefficient (Wildman–Crippen LogP) is 1.44. The van der Waals surface area contributed by atoms with Gasteiger partial charge in [-0.3, -0.25) is 14.4 Å². The van der Waals surface area contributed by atoms with Crippen LogP contribution in [0.4, 0.5) is 5.69 Å². The van der Waals surface area contributed by atoms with Crippen molar-refractivity contribution in [3.63, 3.8) is 0 Å². The molecule has 5 nitrogen and oxygen atoms in total. The molecule has 2 fully saturated rings. The third-order valence-electron chi connectivity index (χ3n) is 5.34. The maximum Gasteiger partial charge on any atom is 0.240 e. The van der Waals surface area contributed by atoms with Gasteiger partial charge in [0.05, 0.1) is 29.5 Å². The molecule has 0 saturated carbocycles. The number of piperidine rings is 1. The number of likely N-dealkylation sites (N-methyl/N-ethyl adjacent to an activating group) is 1. The van der Waals surface area contributed by atoms with Crippen LogP contribution in [0, 0.1) is 31.6 Å². The Morgan fingerprint density at radius 3 is 2.30 bits per heavy atom. The minimum Gasteiger partial charge on any atom is -0.338 e. The number of carbonyl (C=O) groups is 3. The molecular weight excluding hydrogens is 292 g/mol. The Labute approximate surface area is 134 Å². The molecule has 1 aromatic rings. The molecule has 5 heteroatoms. The number of nitrogens with zero attached hydrogens (tertiary/aromatic N) is 2. The smallest absolute Gasteiger partial charge is 0.240 e. The van der Waals surface area contributed by atoms with E-state index in [0.717, 1.165) is 11.1 Å². The first-order valence-electron chi connectivity index (χ1n) is 7.82. The van der Waals surface area contributed by atoms with Crippen LogP contribution >= 0.6 is 0 Å². The maximum absolute atomic E-state index is 13.0. The van der Waals surface area contributed by atoms with E-state index in [1.807, 2.05) is 38.1 Å². The molecule has 4 aliphatic rings. The van der Waals surface area contributed by atoms with Crippen LogP contribution in [0.15, 0.2) is 30.4 Å². The van der Waals surface area contributed by atoms with Crippen LogP contribution < -0.4 is 4.90 Å². The van der Waals surface area contributed by atoms with E-state index in [1.165, 1.54) is 4.90 Å². The van der Waals surface area contributed by atoms with Crippen molar-refractivity contribution in [1.82, 2.24) is 4.90 Å². The van der Waals surface area contributed by atoms with E-state index in [1.54, 1.807) is 18.0 Å². The summed E-state index contributed by atoms with van der Waals surface area (Å²) in [5, 5.41) is 0. The monoisotopic (exact) mass is 310 g/mol. The quantitative estimate of drug-likeness (QED) is 0.582. The molecule has 5 rings (SSSR count). The summed E-state index contributed by atoms with van der Waals surface area (Å²) in [6.45, 7) is 3.87. The SMILES string of the molecule is Cc1ccc(N2C(=O)[C@@H]3[C@H](C2=O)[C@H]2C=C[C@@H]3N(C)C2=O)c(C)c1. The molecule has 118 valence electrons. The van der Waals surface area contributed by atoms with Crippen LogP contribution in [0.3, 0.4) is 0 Å². The minimum absolute atomic E-state index is 0.0672. The number of amides is 3. The summed E-state index contributed by atoms with van der Waals surface area (Å²) in [5.41, 5.74) is 2.61. The third-order valence-corrected chi connectivity index (χ3v) is 5.34. The molecule has 2 saturated heterocycles. The molecule has 0 aromatic heterocycles. The normalized spacial score (nSPS) is 32.0. The van der Waals surface area contributed by atoms with Gasteiger partial charge < -0.3 is 4.90 Å². The minimum atomic E-state index is -0.554. The van der Waals surface area contributed by atoms with E-state index >= 15 is 0 Å². The predicted molar refractivity (Wildman–Crippen MR) is 84.6 cm³/mol. The lowest BCUT2D eigenvalue weighted by Crippen LogP contribution is -2.57. The van der Waals surface area contributed by atoms with Crippen molar-refractivity contribution in [2.75, 3.05) is 11.9 Å². The zero-order valence-electron chi connectivity index (χ0n) is 13.3. The van der Waals surface area contributed by atoms with Gasteiger partial charge in [0.25, 0.3) is 0 Å². The molecule has 0 unspecified atom stereocenters. The van der Waals surface area contributed by atoms with Gasteiger partial charge in [-0.15, -0.1) is 0 Å². The first kappa shape index (κ1) is 14.2. The summed E-state index contributed by atoms with van der Waals surface area (Å²) in [6.07, 6.45) is 3.69. The summed E-state index contributed by atoms with van der Waals surface area (Å²) < 4.78 is 0. The van der Waals surface area contributed by atoms with Crippen molar-refractivity contribution in [2.45, 2.75) is 19.9 Å². The van der Waals surface area contributed by atoms with Gasteiger partial charge in [-0.2, -0.15) is 0 Å². The van der Waals surface area contributed by atoms with Crippen molar-refractivity contribution >= 4 is 23.4 Å². The van der Waals surface area contributed by atoms with Crippen molar-refractivity contribution in [3.8, 4) is 0 Å². The Hall–Kier alpha value is -2.43. The molecule has 3 amide bonds. The van der Waals surface area contributed by atoms with Crippen molar-refractivity contribution in [3.05, 3.63) is 41.5 Å². The number of imide groups is 1. The summed E-state index contributed by atoms with van der Waals surface area (Å²) >= 11 is 0. The summed E-state index contributed by atoms with van der Waals surface area (Å²) in [6, 6.07) is 5.36. The van der Waals surface area contributed by atoms with E-state index < -0.39 is 17.8 Å². The molecule has 0 spiro atoms. The Kier molecular flexibility index (Phi) is 2.80. The highest BCUT2D eigenvalue weighted by atomic mass is 16.2. The number of benzene rings is 1. The van der Waals surface area contributed by atoms with Gasteiger partial charge in [0.1, 0.15) is 0 Å². The van der Waals surface area contributed by atoms with Gasteiger partial charge in [-0.05, 0) is 25.5 Å². The highest BCUT2D eigenvalue weighted by molar-refractivity contribution is 6.24. The van der Waals surface area contributed by atoms with Crippen LogP contribution in [0.2, 0.25) is 0 Å². The lowest BCUT2D eigenvalue weighted by atomic mass is 9.70. The number of carbonyl (C=O) groups excluding carboxylic acids is 3. The molecule has 0 N–H and O–H groups in total. The Bertz CT molecular complexity index is 782. The average Bonchev–Trinajstić information content (AvgIpc) is 2.77. The zero-order chi connectivity index (χ0) is 16.5. The lowest BCUT2D eigenvalue weighted by Gasteiger charge is -2.44. The number of hydrogen-bond donors (Lipinski definition) is 0. The number of fused-ring (bicyclic) bond motifs is 1. The second-order valence-electron chi connectivity index (χ2n) is 6.70. The van der Waals surface area contributed by atoms with Gasteiger partial charge in [-0.25, -0.2) is 4.90 Å². The first-order chi connectivity index (χ1) is 10.9. The summed E-state index contributed by atoms with van der Waals surface area (Å²) in [5.74, 6) is -2.02. The fraction of sp³-hybridized carbons (Fsp3) is 0.389. The van der Waals surface area contributed by atoms with E-state index in [2.05, 4.69) is 0 Å². The first-order valence-corrected chi connectivity index (χ1v) is 7.82. The maximum atomic E-state index is 13.0. The van der Waals surface area contributed by atoms with E-state index in [4.69, 9.17) is 0 Å². The van der Waals surface area contributed by atoms with Gasteiger partial charge in [-0.1, -0.05) is 29.8 Å². The van der Waals surface area contributed by atoms with Crippen LogP contribution in [0.5, 0.6) is 0 Å².